The highest BCUT2D eigenvalue weighted by Crippen LogP contribution is 2.17. The molecular weight excluding hydrogens is 334 g/mol. The van der Waals surface area contributed by atoms with Crippen LogP contribution in [0.5, 0.6) is 0 Å². The van der Waals surface area contributed by atoms with E-state index < -0.39 is 0 Å². The highest BCUT2D eigenvalue weighted by Gasteiger charge is 2.10. The first kappa shape index (κ1) is 13.9. The number of hydrogen-bond acceptors (Lipinski definition) is 5. The number of rotatable bonds is 5. The van der Waals surface area contributed by atoms with Crippen molar-refractivity contribution in [3.05, 3.63) is 47.5 Å². The molecule has 6 nitrogen and oxygen atoms in total. The summed E-state index contributed by atoms with van der Waals surface area (Å²) in [6, 6.07) is 7.97. The van der Waals surface area contributed by atoms with Crippen LogP contribution in [0.25, 0.3) is 11.5 Å². The molecule has 0 aliphatic heterocycles. The van der Waals surface area contributed by atoms with Crippen LogP contribution in [0.3, 0.4) is 0 Å². The fourth-order valence-electron chi connectivity index (χ4n) is 1.90. The zero-order valence-corrected chi connectivity index (χ0v) is 13.1. The van der Waals surface area contributed by atoms with Crippen molar-refractivity contribution in [3.63, 3.8) is 0 Å². The van der Waals surface area contributed by atoms with Gasteiger partial charge in [0.15, 0.2) is 5.82 Å². The van der Waals surface area contributed by atoms with E-state index in [2.05, 4.69) is 36.4 Å². The van der Waals surface area contributed by atoms with E-state index in [-0.39, 0.29) is 0 Å². The lowest BCUT2D eigenvalue weighted by Gasteiger charge is -1.94. The molecule has 0 amide bonds. The third kappa shape index (κ3) is 3.36. The molecule has 0 aliphatic carbocycles. The number of aromatic nitrogens is 5. The molecule has 21 heavy (non-hydrogen) atoms. The smallest absolute Gasteiger partial charge is 0.257 e. The summed E-state index contributed by atoms with van der Waals surface area (Å²) >= 11 is 3.38. The van der Waals surface area contributed by atoms with Gasteiger partial charge in [-0.15, -0.1) is 5.10 Å². The molecular formula is C14H14BrN5O. The minimum atomic E-state index is 0.449. The fourth-order valence-corrected chi connectivity index (χ4v) is 2.31. The second-order valence-electron chi connectivity index (χ2n) is 4.73. The van der Waals surface area contributed by atoms with Gasteiger partial charge in [-0.05, 0) is 19.1 Å². The van der Waals surface area contributed by atoms with Gasteiger partial charge in [0.25, 0.3) is 5.89 Å². The fraction of sp³-hybridized carbons (Fsp3) is 0.286. The molecule has 0 radical (unpaired) electrons. The van der Waals surface area contributed by atoms with E-state index in [0.29, 0.717) is 18.3 Å². The molecule has 0 unspecified atom stereocenters. The molecule has 0 fully saturated rings. The average molecular weight is 348 g/mol. The van der Waals surface area contributed by atoms with E-state index >= 15 is 0 Å². The van der Waals surface area contributed by atoms with Gasteiger partial charge in [0.2, 0.25) is 0 Å². The normalized spacial score (nSPS) is 11.0. The van der Waals surface area contributed by atoms with Crippen molar-refractivity contribution >= 4 is 15.9 Å². The molecule has 3 rings (SSSR count). The highest BCUT2D eigenvalue weighted by atomic mass is 79.9. The quantitative estimate of drug-likeness (QED) is 0.663. The molecule has 3 aromatic rings. The number of alkyl halides is 1. The van der Waals surface area contributed by atoms with Gasteiger partial charge in [-0.3, -0.25) is 0 Å². The summed E-state index contributed by atoms with van der Waals surface area (Å²) in [5.74, 6) is 1.10. The first-order valence-corrected chi connectivity index (χ1v) is 7.71. The Kier molecular flexibility index (Phi) is 4.10. The zero-order chi connectivity index (χ0) is 14.7. The van der Waals surface area contributed by atoms with Crippen LogP contribution in [0.2, 0.25) is 0 Å². The van der Waals surface area contributed by atoms with E-state index in [1.807, 2.05) is 37.4 Å². The Balaban J connectivity index is 1.73. The van der Waals surface area contributed by atoms with E-state index in [0.717, 1.165) is 23.0 Å². The molecule has 7 heteroatoms. The van der Waals surface area contributed by atoms with Crippen molar-refractivity contribution in [1.82, 2.24) is 25.1 Å². The Morgan fingerprint density at radius 2 is 2.05 bits per heavy atom. The topological polar surface area (TPSA) is 69.6 Å². The Morgan fingerprint density at radius 1 is 1.24 bits per heavy atom. The van der Waals surface area contributed by atoms with Crippen LogP contribution in [-0.2, 0) is 13.0 Å². The molecule has 0 saturated carbocycles. The van der Waals surface area contributed by atoms with Gasteiger partial charge in [0, 0.05) is 23.5 Å². The van der Waals surface area contributed by atoms with Gasteiger partial charge in [0.1, 0.15) is 6.54 Å². The summed E-state index contributed by atoms with van der Waals surface area (Å²) in [6.07, 6.45) is 2.74. The number of halogens is 1. The Labute approximate surface area is 130 Å². The van der Waals surface area contributed by atoms with E-state index in [1.54, 1.807) is 4.68 Å². The third-order valence-electron chi connectivity index (χ3n) is 3.01. The van der Waals surface area contributed by atoms with Crippen LogP contribution < -0.4 is 0 Å². The lowest BCUT2D eigenvalue weighted by Crippen LogP contribution is -2.02. The molecule has 0 bridgehead atoms. The van der Waals surface area contributed by atoms with Gasteiger partial charge in [-0.25, -0.2) is 4.68 Å². The second-order valence-corrected chi connectivity index (χ2v) is 5.52. The lowest BCUT2D eigenvalue weighted by molar-refractivity contribution is 0.418. The Hall–Kier alpha value is -2.02. The molecule has 0 aliphatic rings. The van der Waals surface area contributed by atoms with Gasteiger partial charge in [0.05, 0.1) is 5.69 Å². The first-order valence-electron chi connectivity index (χ1n) is 6.59. The third-order valence-corrected chi connectivity index (χ3v) is 3.40. The first-order chi connectivity index (χ1) is 10.2. The van der Waals surface area contributed by atoms with Crippen LogP contribution in [0.1, 0.15) is 17.1 Å². The average Bonchev–Trinajstić information content (AvgIpc) is 3.11. The Morgan fingerprint density at radius 3 is 2.81 bits per heavy atom. The molecule has 2 heterocycles. The summed E-state index contributed by atoms with van der Waals surface area (Å²) in [5, 5.41) is 13.0. The standard InChI is InChI=1S/C14H14BrN5O/c1-10-2-4-11(5-3-10)14-16-13(18-21-14)9-20-8-12(6-7-15)17-19-20/h2-5,8H,6-7,9H2,1H3. The summed E-state index contributed by atoms with van der Waals surface area (Å²) in [6.45, 7) is 2.49. The van der Waals surface area contributed by atoms with Gasteiger partial charge < -0.3 is 4.52 Å². The van der Waals surface area contributed by atoms with Crippen molar-refractivity contribution in [2.75, 3.05) is 5.33 Å². The molecule has 0 N–H and O–H groups in total. The van der Waals surface area contributed by atoms with Crippen LogP contribution in [0.4, 0.5) is 0 Å². The van der Waals surface area contributed by atoms with E-state index in [4.69, 9.17) is 4.52 Å². The van der Waals surface area contributed by atoms with Crippen LogP contribution >= 0.6 is 15.9 Å². The summed E-state index contributed by atoms with van der Waals surface area (Å²) < 4.78 is 7.00. The van der Waals surface area contributed by atoms with Gasteiger partial charge in [-0.2, -0.15) is 4.98 Å². The van der Waals surface area contributed by atoms with Crippen molar-refractivity contribution in [1.29, 1.82) is 0 Å². The summed E-state index contributed by atoms with van der Waals surface area (Å²) in [5.41, 5.74) is 3.05. The molecule has 2 aromatic heterocycles. The predicted molar refractivity (Wildman–Crippen MR) is 81.1 cm³/mol. The maximum Gasteiger partial charge on any atom is 0.257 e. The maximum atomic E-state index is 5.29. The van der Waals surface area contributed by atoms with Crippen molar-refractivity contribution in [3.8, 4) is 11.5 Å². The number of hydrogen-bond donors (Lipinski definition) is 0. The van der Waals surface area contributed by atoms with Crippen molar-refractivity contribution < 1.29 is 4.52 Å². The number of nitrogens with zero attached hydrogens (tertiary/aromatic N) is 5. The van der Waals surface area contributed by atoms with Crippen molar-refractivity contribution in [2.45, 2.75) is 19.9 Å². The van der Waals surface area contributed by atoms with E-state index in [9.17, 15) is 0 Å². The second kappa shape index (κ2) is 6.17. The predicted octanol–water partition coefficient (Wildman–Crippen LogP) is 2.62. The zero-order valence-electron chi connectivity index (χ0n) is 11.5. The monoisotopic (exact) mass is 347 g/mol. The van der Waals surface area contributed by atoms with Gasteiger partial charge >= 0.3 is 0 Å². The molecule has 1 aromatic carbocycles. The number of aryl methyl sites for hydroxylation is 2. The lowest BCUT2D eigenvalue weighted by atomic mass is 10.1. The molecule has 0 atom stereocenters. The van der Waals surface area contributed by atoms with Crippen LogP contribution in [-0.4, -0.2) is 30.5 Å². The van der Waals surface area contributed by atoms with E-state index in [1.165, 1.54) is 5.56 Å². The molecule has 108 valence electrons. The largest absolute Gasteiger partial charge is 0.334 e. The number of benzene rings is 1. The highest BCUT2D eigenvalue weighted by molar-refractivity contribution is 9.09. The minimum Gasteiger partial charge on any atom is -0.334 e. The van der Waals surface area contributed by atoms with Crippen LogP contribution in [0.15, 0.2) is 35.0 Å². The van der Waals surface area contributed by atoms with Crippen molar-refractivity contribution in [2.24, 2.45) is 0 Å². The maximum absolute atomic E-state index is 5.29. The van der Waals surface area contributed by atoms with Crippen LogP contribution in [0, 0.1) is 6.92 Å². The molecule has 0 spiro atoms. The Bertz CT molecular complexity index is 719. The summed E-state index contributed by atoms with van der Waals surface area (Å²) in [4.78, 5) is 4.39. The minimum absolute atomic E-state index is 0.449. The molecule has 0 saturated heterocycles. The van der Waals surface area contributed by atoms with Gasteiger partial charge in [-0.1, -0.05) is 44.0 Å². The summed E-state index contributed by atoms with van der Waals surface area (Å²) in [7, 11) is 0. The SMILES string of the molecule is Cc1ccc(-c2nc(Cn3cc(CCBr)nn3)no2)cc1.